The molecule has 0 saturated heterocycles. The Balaban J connectivity index is 2.13. The van der Waals surface area contributed by atoms with Crippen molar-refractivity contribution in [2.24, 2.45) is 5.92 Å². The maximum absolute atomic E-state index is 9.15. The summed E-state index contributed by atoms with van der Waals surface area (Å²) >= 11 is 0. The first-order chi connectivity index (χ1) is 4.83. The molecule has 0 aliphatic heterocycles. The van der Waals surface area contributed by atoms with Crippen LogP contribution in [-0.4, -0.2) is 24.9 Å². The third kappa shape index (κ3) is 2.27. The van der Waals surface area contributed by atoms with Crippen LogP contribution < -0.4 is 0 Å². The summed E-state index contributed by atoms with van der Waals surface area (Å²) in [5.74, 6) is 0.702. The first-order valence-corrected chi connectivity index (χ1v) is 4.00. The van der Waals surface area contributed by atoms with E-state index in [2.05, 4.69) is 0 Å². The molecule has 2 nitrogen and oxygen atoms in total. The Morgan fingerprint density at radius 1 is 1.30 bits per heavy atom. The monoisotopic (exact) mass is 144 g/mol. The van der Waals surface area contributed by atoms with Gasteiger partial charge in [-0.1, -0.05) is 0 Å². The number of methoxy groups -OCH3 is 1. The van der Waals surface area contributed by atoms with Crippen molar-refractivity contribution < 1.29 is 9.84 Å². The van der Waals surface area contributed by atoms with Crippen molar-refractivity contribution in [3.8, 4) is 0 Å². The molecule has 1 N–H and O–H groups in total. The average Bonchev–Trinajstić information content (AvgIpc) is 1.95. The first-order valence-electron chi connectivity index (χ1n) is 4.00. The number of rotatable bonds is 2. The van der Waals surface area contributed by atoms with E-state index in [9.17, 15) is 0 Å². The van der Waals surface area contributed by atoms with E-state index < -0.39 is 0 Å². The van der Waals surface area contributed by atoms with Gasteiger partial charge in [0, 0.05) is 13.7 Å². The van der Waals surface area contributed by atoms with Gasteiger partial charge in [0.2, 0.25) is 0 Å². The second kappa shape index (κ2) is 3.94. The fourth-order valence-electron chi connectivity index (χ4n) is 1.55. The summed E-state index contributed by atoms with van der Waals surface area (Å²) in [6, 6.07) is 0. The molecule has 1 fully saturated rings. The molecule has 0 heterocycles. The molecule has 1 aliphatic carbocycles. The third-order valence-corrected chi connectivity index (χ3v) is 2.22. The Morgan fingerprint density at radius 2 is 1.90 bits per heavy atom. The molecular weight excluding hydrogens is 128 g/mol. The van der Waals surface area contributed by atoms with E-state index in [0.29, 0.717) is 5.92 Å². The van der Waals surface area contributed by atoms with Gasteiger partial charge < -0.3 is 9.84 Å². The minimum Gasteiger partial charge on any atom is -0.393 e. The zero-order valence-corrected chi connectivity index (χ0v) is 6.55. The number of hydrogen-bond donors (Lipinski definition) is 1. The Kier molecular flexibility index (Phi) is 3.16. The Bertz CT molecular complexity index is 85.3. The molecule has 0 radical (unpaired) electrons. The zero-order chi connectivity index (χ0) is 7.40. The predicted octanol–water partition coefficient (Wildman–Crippen LogP) is 1.18. The number of ether oxygens (including phenoxy) is 1. The van der Waals surface area contributed by atoms with Crippen molar-refractivity contribution >= 4 is 0 Å². The summed E-state index contributed by atoms with van der Waals surface area (Å²) in [4.78, 5) is 0. The average molecular weight is 144 g/mol. The fraction of sp³-hybridized carbons (Fsp3) is 1.00. The lowest BCUT2D eigenvalue weighted by Crippen LogP contribution is -2.20. The lowest BCUT2D eigenvalue weighted by atomic mass is 9.88. The highest BCUT2D eigenvalue weighted by Crippen LogP contribution is 2.23. The third-order valence-electron chi connectivity index (χ3n) is 2.22. The van der Waals surface area contributed by atoms with Crippen molar-refractivity contribution in [1.82, 2.24) is 0 Å². The summed E-state index contributed by atoms with van der Waals surface area (Å²) in [5, 5.41) is 9.15. The summed E-state index contributed by atoms with van der Waals surface area (Å²) in [6.07, 6.45) is 4.17. The van der Waals surface area contributed by atoms with Gasteiger partial charge in [-0.3, -0.25) is 0 Å². The molecule has 0 spiro atoms. The van der Waals surface area contributed by atoms with Gasteiger partial charge >= 0.3 is 0 Å². The molecule has 0 atom stereocenters. The summed E-state index contributed by atoms with van der Waals surface area (Å²) in [7, 11) is 1.74. The quantitative estimate of drug-likeness (QED) is 0.630. The maximum atomic E-state index is 9.15. The standard InChI is InChI=1S/C8H16O2/c1-10-6-7-2-4-8(9)5-3-7/h7-9H,2-6H2,1H3/t7-,8-. The Hall–Kier alpha value is -0.0800. The van der Waals surface area contributed by atoms with Crippen LogP contribution in [0.3, 0.4) is 0 Å². The highest BCUT2D eigenvalue weighted by atomic mass is 16.5. The van der Waals surface area contributed by atoms with E-state index in [1.54, 1.807) is 7.11 Å². The van der Waals surface area contributed by atoms with Gasteiger partial charge in [0.1, 0.15) is 0 Å². The molecule has 2 heteroatoms. The van der Waals surface area contributed by atoms with Crippen LogP contribution in [0, 0.1) is 5.92 Å². The van der Waals surface area contributed by atoms with Crippen LogP contribution in [0.15, 0.2) is 0 Å². The Morgan fingerprint density at radius 3 is 2.40 bits per heavy atom. The van der Waals surface area contributed by atoms with Gasteiger partial charge in [-0.25, -0.2) is 0 Å². The van der Waals surface area contributed by atoms with Crippen LogP contribution in [0.4, 0.5) is 0 Å². The summed E-state index contributed by atoms with van der Waals surface area (Å²) < 4.78 is 5.03. The van der Waals surface area contributed by atoms with Gasteiger partial charge in [0.05, 0.1) is 6.10 Å². The van der Waals surface area contributed by atoms with E-state index in [-0.39, 0.29) is 6.10 Å². The highest BCUT2D eigenvalue weighted by molar-refractivity contribution is 4.70. The molecule has 0 bridgehead atoms. The summed E-state index contributed by atoms with van der Waals surface area (Å²) in [6.45, 7) is 0.868. The van der Waals surface area contributed by atoms with Crippen molar-refractivity contribution in [2.45, 2.75) is 31.8 Å². The lowest BCUT2D eigenvalue weighted by Gasteiger charge is -2.24. The normalized spacial score (nSPS) is 34.2. The molecule has 0 unspecified atom stereocenters. The zero-order valence-electron chi connectivity index (χ0n) is 6.55. The minimum atomic E-state index is -0.0342. The topological polar surface area (TPSA) is 29.5 Å². The second-order valence-electron chi connectivity index (χ2n) is 3.13. The van der Waals surface area contributed by atoms with Gasteiger partial charge in [0.25, 0.3) is 0 Å². The summed E-state index contributed by atoms with van der Waals surface area (Å²) in [5.41, 5.74) is 0. The lowest BCUT2D eigenvalue weighted by molar-refractivity contribution is 0.0717. The minimum absolute atomic E-state index is 0.0342. The van der Waals surface area contributed by atoms with Gasteiger partial charge in [0.15, 0.2) is 0 Å². The molecule has 10 heavy (non-hydrogen) atoms. The molecule has 60 valence electrons. The Labute approximate surface area is 62.2 Å². The van der Waals surface area contributed by atoms with Crippen LogP contribution in [0.2, 0.25) is 0 Å². The molecule has 0 amide bonds. The van der Waals surface area contributed by atoms with E-state index in [1.807, 2.05) is 0 Å². The maximum Gasteiger partial charge on any atom is 0.0540 e. The van der Waals surface area contributed by atoms with Crippen molar-refractivity contribution in [1.29, 1.82) is 0 Å². The number of aliphatic hydroxyl groups excluding tert-OH is 1. The molecule has 1 saturated carbocycles. The van der Waals surface area contributed by atoms with Crippen LogP contribution in [0.25, 0.3) is 0 Å². The largest absolute Gasteiger partial charge is 0.393 e. The highest BCUT2D eigenvalue weighted by Gasteiger charge is 2.18. The molecule has 0 aromatic rings. The predicted molar refractivity (Wildman–Crippen MR) is 39.8 cm³/mol. The van der Waals surface area contributed by atoms with Crippen LogP contribution in [-0.2, 0) is 4.74 Å². The van der Waals surface area contributed by atoms with E-state index in [1.165, 1.54) is 0 Å². The first kappa shape index (κ1) is 8.02. The number of hydrogen-bond acceptors (Lipinski definition) is 2. The van der Waals surface area contributed by atoms with Gasteiger partial charge in [-0.15, -0.1) is 0 Å². The van der Waals surface area contributed by atoms with Gasteiger partial charge in [-0.2, -0.15) is 0 Å². The van der Waals surface area contributed by atoms with E-state index in [4.69, 9.17) is 9.84 Å². The smallest absolute Gasteiger partial charge is 0.0540 e. The van der Waals surface area contributed by atoms with Crippen molar-refractivity contribution in [3.05, 3.63) is 0 Å². The van der Waals surface area contributed by atoms with Crippen molar-refractivity contribution in [2.75, 3.05) is 13.7 Å². The van der Waals surface area contributed by atoms with Crippen LogP contribution >= 0.6 is 0 Å². The second-order valence-corrected chi connectivity index (χ2v) is 3.13. The van der Waals surface area contributed by atoms with Gasteiger partial charge in [-0.05, 0) is 31.6 Å². The number of aliphatic hydroxyl groups is 1. The van der Waals surface area contributed by atoms with Crippen LogP contribution in [0.5, 0.6) is 0 Å². The van der Waals surface area contributed by atoms with E-state index in [0.717, 1.165) is 32.3 Å². The van der Waals surface area contributed by atoms with Crippen LogP contribution in [0.1, 0.15) is 25.7 Å². The van der Waals surface area contributed by atoms with Crippen molar-refractivity contribution in [3.63, 3.8) is 0 Å². The fourth-order valence-corrected chi connectivity index (χ4v) is 1.55. The van der Waals surface area contributed by atoms with E-state index >= 15 is 0 Å². The SMILES string of the molecule is COC[C@H]1CC[C@H](O)CC1. The molecule has 1 rings (SSSR count). The molecular formula is C8H16O2. The molecule has 1 aliphatic rings. The molecule has 0 aromatic carbocycles. The molecule has 0 aromatic heterocycles.